The fourth-order valence-electron chi connectivity index (χ4n) is 2.09. The third-order valence-electron chi connectivity index (χ3n) is 3.14. The van der Waals surface area contributed by atoms with E-state index in [1.165, 1.54) is 6.42 Å². The van der Waals surface area contributed by atoms with E-state index in [4.69, 9.17) is 28.5 Å². The third-order valence-corrected chi connectivity index (χ3v) is 3.14. The number of aliphatic hydroxyl groups excluding tert-OH is 2. The molecule has 1 saturated heterocycles. The summed E-state index contributed by atoms with van der Waals surface area (Å²) in [6.07, 6.45) is 0.124. The zero-order valence-electron chi connectivity index (χ0n) is 16.9. The van der Waals surface area contributed by atoms with Crippen LogP contribution in [0.4, 0.5) is 4.39 Å². The maximum atomic E-state index is 13.2. The highest BCUT2D eigenvalue weighted by Gasteiger charge is 2.42. The molecule has 0 saturated carbocycles. The van der Waals surface area contributed by atoms with Crippen LogP contribution in [0, 0.1) is 5.82 Å². The number of nitrogens with two attached hydrogens (primary N) is 1. The minimum atomic E-state index is -2.43. The Morgan fingerprint density at radius 1 is 1.38 bits per heavy atom. The summed E-state index contributed by atoms with van der Waals surface area (Å²) in [4.78, 5) is 35.5. The van der Waals surface area contributed by atoms with Gasteiger partial charge in [0, 0.05) is 14.2 Å². The molecule has 0 bridgehead atoms. The van der Waals surface area contributed by atoms with Gasteiger partial charge in [-0.3, -0.25) is 19.1 Å². The fraction of sp³-hybridized carbons (Fsp3) is 0.688. The maximum Gasteiger partial charge on any atom is 0.330 e. The number of hydrogen-bond acceptors (Lipinski definition) is 9. The van der Waals surface area contributed by atoms with Gasteiger partial charge < -0.3 is 30.5 Å². The van der Waals surface area contributed by atoms with Gasteiger partial charge in [0.05, 0.1) is 12.7 Å². The minimum absolute atomic E-state index is 0.128. The minimum Gasteiger partial charge on any atom is -0.440 e. The monoisotopic (exact) mass is 421 g/mol. The Kier molecular flexibility index (Phi) is 15.0. The lowest BCUT2D eigenvalue weighted by molar-refractivity contribution is -0.214. The van der Waals surface area contributed by atoms with E-state index in [1.54, 1.807) is 4.98 Å². The van der Waals surface area contributed by atoms with Crippen molar-refractivity contribution in [2.75, 3.05) is 20.8 Å². The van der Waals surface area contributed by atoms with Crippen LogP contribution >= 0.6 is 0 Å². The summed E-state index contributed by atoms with van der Waals surface area (Å²) in [7, 11) is 7.44. The average molecular weight is 421 g/mol. The quantitative estimate of drug-likeness (QED) is 0.215. The zero-order chi connectivity index (χ0) is 23.2. The molecule has 1 aliphatic heterocycles. The Morgan fingerprint density at radius 3 is 2.38 bits per heavy atom. The molecule has 1 aromatic rings. The summed E-state index contributed by atoms with van der Waals surface area (Å²) in [5.41, 5.74) is 0.581. The Bertz CT molecular complexity index is 710. The molecule has 1 aromatic heterocycles. The highest BCUT2D eigenvalue weighted by Crippen LogP contribution is 2.32. The van der Waals surface area contributed by atoms with Crippen LogP contribution in [-0.2, 0) is 14.3 Å². The van der Waals surface area contributed by atoms with Crippen molar-refractivity contribution in [2.24, 2.45) is 5.73 Å². The van der Waals surface area contributed by atoms with Crippen molar-refractivity contribution >= 4 is 13.8 Å². The molecule has 1 fully saturated rings. The predicted molar refractivity (Wildman–Crippen MR) is 103 cm³/mol. The molecule has 1 aliphatic rings. The van der Waals surface area contributed by atoms with Crippen molar-refractivity contribution in [3.05, 3.63) is 32.9 Å². The van der Waals surface area contributed by atoms with Gasteiger partial charge in [-0.15, -0.1) is 0 Å². The second kappa shape index (κ2) is 14.9. The normalized spacial score (nSPS) is 19.2. The molecule has 6 N–H and O–H groups in total. The van der Waals surface area contributed by atoms with E-state index >= 15 is 0 Å². The van der Waals surface area contributed by atoms with Crippen LogP contribution in [0.2, 0.25) is 0 Å². The van der Waals surface area contributed by atoms with Crippen molar-refractivity contribution in [3.63, 3.8) is 0 Å². The molecule has 29 heavy (non-hydrogen) atoms. The number of nitrogens with one attached hydrogen (secondary N) is 1. The number of halogens is 1. The van der Waals surface area contributed by atoms with Gasteiger partial charge in [0.15, 0.2) is 13.5 Å². The van der Waals surface area contributed by atoms with Crippen LogP contribution in [0.3, 0.4) is 0 Å². The van der Waals surface area contributed by atoms with Gasteiger partial charge in [-0.1, -0.05) is 20.3 Å². The van der Waals surface area contributed by atoms with Gasteiger partial charge in [-0.05, 0) is 12.8 Å². The number of ether oxygens (including phenoxy) is 2. The van der Waals surface area contributed by atoms with Gasteiger partial charge in [0.25, 0.3) is 5.56 Å². The van der Waals surface area contributed by atoms with E-state index in [0.29, 0.717) is 6.20 Å². The molecule has 2 rings (SSSR count). The van der Waals surface area contributed by atoms with Crippen molar-refractivity contribution in [1.29, 1.82) is 0 Å². The van der Waals surface area contributed by atoms with Crippen molar-refractivity contribution in [3.8, 4) is 0 Å². The van der Waals surface area contributed by atoms with E-state index in [-0.39, 0.29) is 12.8 Å². The number of aromatic amines is 1. The van der Waals surface area contributed by atoms with Gasteiger partial charge in [-0.2, -0.15) is 4.39 Å². The highest BCUT2D eigenvalue weighted by atomic mass is 19.1. The Labute approximate surface area is 168 Å². The third kappa shape index (κ3) is 9.32. The molecule has 2 heterocycles. The van der Waals surface area contributed by atoms with Gasteiger partial charge in [-0.25, -0.2) is 4.79 Å². The summed E-state index contributed by atoms with van der Waals surface area (Å²) >= 11 is 0. The van der Waals surface area contributed by atoms with Crippen LogP contribution in [0.25, 0.3) is 0 Å². The van der Waals surface area contributed by atoms with E-state index in [9.17, 15) is 23.9 Å². The van der Waals surface area contributed by atoms with E-state index < -0.39 is 47.6 Å². The lowest BCUT2D eigenvalue weighted by atomic mass is 9.87. The number of esters is 1. The zero-order valence-corrected chi connectivity index (χ0v) is 16.9. The first-order chi connectivity index (χ1) is 13.7. The number of H-pyrrole nitrogens is 1. The lowest BCUT2D eigenvalue weighted by Gasteiger charge is -2.30. The number of hydrogen-bond donors (Lipinski definition) is 5. The van der Waals surface area contributed by atoms with E-state index in [1.807, 2.05) is 0 Å². The molecule has 2 radical (unpaired) electrons. The molecular formula is C16H29BFN3O8. The summed E-state index contributed by atoms with van der Waals surface area (Å²) in [5, 5.41) is 23.9. The molecule has 11 nitrogen and oxygen atoms in total. The first kappa shape index (κ1) is 29.1. The smallest absolute Gasteiger partial charge is 0.330 e. The maximum absolute atomic E-state index is 13.2. The predicted octanol–water partition coefficient (Wildman–Crippen LogP) is -1.70. The molecule has 0 aromatic carbocycles. The number of carbonyl (C=O) groups is 1. The summed E-state index contributed by atoms with van der Waals surface area (Å²) in [6.45, 7) is 3.76. The van der Waals surface area contributed by atoms with E-state index in [0.717, 1.165) is 18.8 Å². The Morgan fingerprint density at radius 2 is 1.90 bits per heavy atom. The van der Waals surface area contributed by atoms with Gasteiger partial charge in [0.1, 0.15) is 12.3 Å². The summed E-state index contributed by atoms with van der Waals surface area (Å²) in [6, 6.07) is 0. The SMILES string of the molecule is CCC.CO.CO.[B]C(O)(OC(=O)CN)C1CCC(n2cc(F)c(=O)[nH]c2=O)O1. The molecule has 3 unspecified atom stereocenters. The standard InChI is InChI=1S/C11H13BFN3O6.C3H8.2CH4O/c12-11(20,22-8(17)3-14)6-1-2-7(21-6)16-4-5(13)9(18)15-10(16)19;1-3-2;2*1-2/h4,6-7,20H,1-3,14H2,(H,15,18,19);3H2,1-2H3;2*2H,1H3. The van der Waals surface area contributed by atoms with Crippen molar-refractivity contribution in [1.82, 2.24) is 9.55 Å². The molecule has 0 aliphatic carbocycles. The second-order valence-electron chi connectivity index (χ2n) is 5.44. The first-order valence-corrected chi connectivity index (χ1v) is 8.65. The molecule has 3 atom stereocenters. The Hall–Kier alpha value is -2.06. The topological polar surface area (TPSA) is 177 Å². The first-order valence-electron chi connectivity index (χ1n) is 8.65. The fourth-order valence-corrected chi connectivity index (χ4v) is 2.09. The van der Waals surface area contributed by atoms with Crippen LogP contribution < -0.4 is 17.0 Å². The largest absolute Gasteiger partial charge is 0.440 e. The summed E-state index contributed by atoms with van der Waals surface area (Å²) in [5.74, 6) is -2.10. The second-order valence-corrected chi connectivity index (χ2v) is 5.44. The molecule has 0 amide bonds. The number of carbonyl (C=O) groups excluding carboxylic acids is 1. The highest BCUT2D eigenvalue weighted by molar-refractivity contribution is 6.14. The van der Waals surface area contributed by atoms with Crippen molar-refractivity contribution < 1.29 is 34.0 Å². The number of aromatic nitrogens is 2. The van der Waals surface area contributed by atoms with Gasteiger partial charge in [0.2, 0.25) is 5.82 Å². The molecular weight excluding hydrogens is 392 g/mol. The van der Waals surface area contributed by atoms with Crippen molar-refractivity contribution in [2.45, 2.75) is 51.1 Å². The number of nitrogens with zero attached hydrogens (tertiary/aromatic N) is 1. The Balaban J connectivity index is 0. The van der Waals surface area contributed by atoms with Crippen LogP contribution in [-0.4, -0.2) is 71.2 Å². The number of rotatable bonds is 4. The van der Waals surface area contributed by atoms with Gasteiger partial charge >= 0.3 is 11.7 Å². The van der Waals surface area contributed by atoms with Crippen LogP contribution in [0.5, 0.6) is 0 Å². The molecule has 166 valence electrons. The average Bonchev–Trinajstić information content (AvgIpc) is 3.19. The van der Waals surface area contributed by atoms with Crippen LogP contribution in [0.1, 0.15) is 39.3 Å². The van der Waals surface area contributed by atoms with Crippen LogP contribution in [0.15, 0.2) is 15.8 Å². The summed E-state index contributed by atoms with van der Waals surface area (Å²) < 4.78 is 23.9. The molecule has 0 spiro atoms. The van der Waals surface area contributed by atoms with E-state index in [2.05, 4.69) is 18.6 Å². The number of aliphatic hydroxyl groups is 3. The lowest BCUT2D eigenvalue weighted by Crippen LogP contribution is -2.48. The molecule has 13 heteroatoms.